The molecular weight excluding hydrogens is 380 g/mol. The molecular formula is C22H28N6O2. The van der Waals surface area contributed by atoms with Crippen molar-refractivity contribution in [3.05, 3.63) is 47.5 Å². The number of likely N-dealkylation sites (N-methyl/N-ethyl adjacent to an activating group) is 1. The Hall–Kier alpha value is -3.00. The maximum atomic E-state index is 13.0. The van der Waals surface area contributed by atoms with Gasteiger partial charge in [-0.15, -0.1) is 0 Å². The van der Waals surface area contributed by atoms with Gasteiger partial charge in [0.2, 0.25) is 11.9 Å². The molecule has 2 aromatic heterocycles. The van der Waals surface area contributed by atoms with E-state index < -0.39 is 5.60 Å². The molecule has 0 saturated carbocycles. The molecule has 0 spiro atoms. The Morgan fingerprint density at radius 2 is 1.90 bits per heavy atom. The van der Waals surface area contributed by atoms with Crippen LogP contribution in [0.4, 0.5) is 5.95 Å². The van der Waals surface area contributed by atoms with Crippen molar-refractivity contribution in [2.24, 2.45) is 0 Å². The molecule has 1 amide bonds. The molecule has 3 heterocycles. The molecule has 8 nitrogen and oxygen atoms in total. The Morgan fingerprint density at radius 1 is 1.20 bits per heavy atom. The van der Waals surface area contributed by atoms with Crippen LogP contribution in [0, 0.1) is 20.8 Å². The summed E-state index contributed by atoms with van der Waals surface area (Å²) in [4.78, 5) is 29.7. The highest BCUT2D eigenvalue weighted by Crippen LogP contribution is 2.25. The number of hydrogen-bond donors (Lipinski definition) is 1. The number of anilines is 1. The normalized spacial score (nSPS) is 18.9. The van der Waals surface area contributed by atoms with Gasteiger partial charge >= 0.3 is 0 Å². The van der Waals surface area contributed by atoms with Crippen molar-refractivity contribution in [1.82, 2.24) is 24.4 Å². The maximum absolute atomic E-state index is 13.0. The minimum absolute atomic E-state index is 0.0570. The number of aliphatic hydroxyl groups is 1. The highest BCUT2D eigenvalue weighted by Gasteiger charge is 2.39. The summed E-state index contributed by atoms with van der Waals surface area (Å²) in [5, 5.41) is 11.1. The lowest BCUT2D eigenvalue weighted by molar-refractivity contribution is -0.133. The summed E-state index contributed by atoms with van der Waals surface area (Å²) in [5.41, 5.74) is 3.24. The fourth-order valence-electron chi connectivity index (χ4n) is 4.10. The molecule has 1 aliphatic heterocycles. The van der Waals surface area contributed by atoms with Gasteiger partial charge in [-0.05, 0) is 56.5 Å². The Labute approximate surface area is 176 Å². The second-order valence-corrected chi connectivity index (χ2v) is 8.36. The Balaban J connectivity index is 1.45. The van der Waals surface area contributed by atoms with Crippen molar-refractivity contribution >= 4 is 22.9 Å². The summed E-state index contributed by atoms with van der Waals surface area (Å²) >= 11 is 0. The molecule has 8 heteroatoms. The summed E-state index contributed by atoms with van der Waals surface area (Å²) < 4.78 is 1.95. The molecule has 0 aliphatic carbocycles. The van der Waals surface area contributed by atoms with Crippen molar-refractivity contribution in [2.75, 3.05) is 31.6 Å². The zero-order valence-corrected chi connectivity index (χ0v) is 18.0. The number of imidazole rings is 1. The zero-order chi connectivity index (χ0) is 21.5. The molecule has 1 N–H and O–H groups in total. The third-order valence-corrected chi connectivity index (χ3v) is 5.97. The number of nitrogens with zero attached hydrogens (tertiary/aromatic N) is 6. The first-order valence-corrected chi connectivity index (χ1v) is 10.2. The van der Waals surface area contributed by atoms with Gasteiger partial charge in [0.25, 0.3) is 0 Å². The number of β-amino-alcohol motifs (C(OH)–C–C–N with tert-alkyl or cyclic N) is 1. The van der Waals surface area contributed by atoms with E-state index in [4.69, 9.17) is 0 Å². The summed E-state index contributed by atoms with van der Waals surface area (Å²) in [6.45, 7) is 7.57. The van der Waals surface area contributed by atoms with Crippen LogP contribution in [0.15, 0.2) is 30.6 Å². The first-order chi connectivity index (χ1) is 14.3. The van der Waals surface area contributed by atoms with Crippen LogP contribution in [0.1, 0.15) is 23.4 Å². The molecule has 0 bridgehead atoms. The van der Waals surface area contributed by atoms with Gasteiger partial charge < -0.3 is 19.5 Å². The molecule has 0 radical (unpaired) electrons. The highest BCUT2D eigenvalue weighted by molar-refractivity contribution is 5.82. The lowest BCUT2D eigenvalue weighted by atomic mass is 10.0. The maximum Gasteiger partial charge on any atom is 0.242 e. The third-order valence-electron chi connectivity index (χ3n) is 5.97. The van der Waals surface area contributed by atoms with E-state index in [1.54, 1.807) is 30.4 Å². The van der Waals surface area contributed by atoms with Crippen molar-refractivity contribution in [3.63, 3.8) is 0 Å². The van der Waals surface area contributed by atoms with E-state index in [1.807, 2.05) is 16.4 Å². The number of fused-ring (bicyclic) bond motifs is 1. The predicted octanol–water partition coefficient (Wildman–Crippen LogP) is 1.85. The molecule has 1 fully saturated rings. The van der Waals surface area contributed by atoms with E-state index in [0.717, 1.165) is 16.9 Å². The lowest BCUT2D eigenvalue weighted by Crippen LogP contribution is -2.46. The van der Waals surface area contributed by atoms with E-state index in [-0.39, 0.29) is 19.0 Å². The molecule has 1 unspecified atom stereocenters. The minimum Gasteiger partial charge on any atom is -0.386 e. The van der Waals surface area contributed by atoms with Gasteiger partial charge in [-0.25, -0.2) is 15.0 Å². The van der Waals surface area contributed by atoms with E-state index in [0.29, 0.717) is 25.5 Å². The third kappa shape index (κ3) is 3.87. The molecule has 1 aliphatic rings. The van der Waals surface area contributed by atoms with Gasteiger partial charge in [0.15, 0.2) is 0 Å². The molecule has 1 saturated heterocycles. The van der Waals surface area contributed by atoms with Gasteiger partial charge in [-0.1, -0.05) is 0 Å². The fourth-order valence-corrected chi connectivity index (χ4v) is 4.10. The Morgan fingerprint density at radius 3 is 2.63 bits per heavy atom. The number of carbonyl (C=O) groups is 1. The number of aryl methyl sites for hydroxylation is 3. The molecule has 30 heavy (non-hydrogen) atoms. The zero-order valence-electron chi connectivity index (χ0n) is 18.0. The second kappa shape index (κ2) is 7.68. The molecule has 1 aromatic carbocycles. The van der Waals surface area contributed by atoms with Crippen LogP contribution >= 0.6 is 0 Å². The number of hydrogen-bond acceptors (Lipinski definition) is 6. The lowest BCUT2D eigenvalue weighted by Gasteiger charge is -2.29. The van der Waals surface area contributed by atoms with Gasteiger partial charge in [0, 0.05) is 26.0 Å². The van der Waals surface area contributed by atoms with Crippen LogP contribution in [0.2, 0.25) is 0 Å². The molecule has 1 atom stereocenters. The van der Waals surface area contributed by atoms with E-state index in [1.165, 1.54) is 11.1 Å². The summed E-state index contributed by atoms with van der Waals surface area (Å²) in [5.74, 6) is 1.36. The topological polar surface area (TPSA) is 87.4 Å². The smallest absolute Gasteiger partial charge is 0.242 e. The summed E-state index contributed by atoms with van der Waals surface area (Å²) in [7, 11) is 1.74. The number of carbonyl (C=O) groups excluding carboxylic acids is 1. The Kier molecular flexibility index (Phi) is 5.19. The Bertz CT molecular complexity index is 1080. The number of benzene rings is 1. The van der Waals surface area contributed by atoms with E-state index >= 15 is 0 Å². The second-order valence-electron chi connectivity index (χ2n) is 8.36. The summed E-state index contributed by atoms with van der Waals surface area (Å²) in [6, 6.07) is 5.91. The van der Waals surface area contributed by atoms with Gasteiger partial charge in [0.1, 0.15) is 18.0 Å². The van der Waals surface area contributed by atoms with E-state index in [9.17, 15) is 9.90 Å². The quantitative estimate of drug-likeness (QED) is 0.693. The van der Waals surface area contributed by atoms with Crippen LogP contribution < -0.4 is 4.90 Å². The van der Waals surface area contributed by atoms with Crippen molar-refractivity contribution < 1.29 is 9.90 Å². The monoisotopic (exact) mass is 408 g/mol. The first kappa shape index (κ1) is 20.3. The van der Waals surface area contributed by atoms with Crippen molar-refractivity contribution in [3.8, 4) is 0 Å². The largest absolute Gasteiger partial charge is 0.386 e. The predicted molar refractivity (Wildman–Crippen MR) is 115 cm³/mol. The van der Waals surface area contributed by atoms with Crippen LogP contribution in [0.3, 0.4) is 0 Å². The number of aromatic nitrogens is 4. The summed E-state index contributed by atoms with van der Waals surface area (Å²) in [6.07, 6.45) is 3.95. The van der Waals surface area contributed by atoms with Crippen molar-refractivity contribution in [2.45, 2.75) is 39.3 Å². The average molecular weight is 409 g/mol. The SMILES string of the molecule is Cc1cc2nc(C)n(CC(=O)N(C)CC3(O)CCN(c4ncccn4)C3)c2cc1C. The standard InChI is InChI=1S/C22H28N6O2/c1-15-10-18-19(11-16(15)2)28(17(3)25-18)12-20(29)26(4)13-22(30)6-9-27(14-22)21-23-7-5-8-24-21/h5,7-8,10-11,30H,6,9,12-14H2,1-4H3. The van der Waals surface area contributed by atoms with Crippen LogP contribution in [-0.2, 0) is 11.3 Å². The fraction of sp³-hybridized carbons (Fsp3) is 0.455. The van der Waals surface area contributed by atoms with Crippen LogP contribution in [0.25, 0.3) is 11.0 Å². The first-order valence-electron chi connectivity index (χ1n) is 10.2. The molecule has 3 aromatic rings. The average Bonchev–Trinajstić information content (AvgIpc) is 3.23. The molecule has 4 rings (SSSR count). The van der Waals surface area contributed by atoms with E-state index in [2.05, 4.69) is 40.9 Å². The van der Waals surface area contributed by atoms with Crippen molar-refractivity contribution in [1.29, 1.82) is 0 Å². The van der Waals surface area contributed by atoms with Gasteiger partial charge in [-0.3, -0.25) is 4.79 Å². The van der Waals surface area contributed by atoms with Crippen LogP contribution in [-0.4, -0.2) is 67.7 Å². The van der Waals surface area contributed by atoms with Gasteiger partial charge in [0.05, 0.1) is 24.1 Å². The minimum atomic E-state index is -0.983. The van der Waals surface area contributed by atoms with Crippen LogP contribution in [0.5, 0.6) is 0 Å². The molecule has 158 valence electrons. The van der Waals surface area contributed by atoms with Gasteiger partial charge in [-0.2, -0.15) is 0 Å². The highest BCUT2D eigenvalue weighted by atomic mass is 16.3. The number of amides is 1. The number of rotatable bonds is 5.